The number of aryl methyl sites for hydroxylation is 1. The van der Waals surface area contributed by atoms with Gasteiger partial charge in [0.05, 0.1) is 23.0 Å². The summed E-state index contributed by atoms with van der Waals surface area (Å²) in [4.78, 5) is 33.6. The Morgan fingerprint density at radius 3 is 2.21 bits per heavy atom. The number of anilines is 2. The molecular weight excluding hydrogens is 469 g/mol. The Morgan fingerprint density at radius 1 is 0.882 bits per heavy atom. The van der Waals surface area contributed by atoms with Crippen LogP contribution < -0.4 is 9.96 Å². The molecule has 2 amide bonds. The van der Waals surface area contributed by atoms with E-state index in [0.29, 0.717) is 10.7 Å². The maximum absolute atomic E-state index is 13.5. The van der Waals surface area contributed by atoms with Crippen LogP contribution in [0, 0.1) is 12.8 Å². The number of halogens is 4. The summed E-state index contributed by atoms with van der Waals surface area (Å²) in [7, 11) is 0. The van der Waals surface area contributed by atoms with Crippen molar-refractivity contribution in [3.63, 3.8) is 0 Å². The third-order valence-corrected chi connectivity index (χ3v) is 6.30. The Labute approximate surface area is 198 Å². The second kappa shape index (κ2) is 8.14. The summed E-state index contributed by atoms with van der Waals surface area (Å²) in [5.41, 5.74) is 1.26. The highest BCUT2D eigenvalue weighted by Gasteiger charge is 2.60. The zero-order valence-corrected chi connectivity index (χ0v) is 18.5. The standard InChI is InChI=1S/C25H18ClF3N2O3/c1-14-5-7-15(8-6-14)21-20-22(34-31(21)18-11-9-17(26)10-12-18)24(33)30(23(20)32)19-4-2-3-16(13-19)25(27,28)29/h2-13,20-22H,1H3/t20-,21+,22+/m1/s1. The van der Waals surface area contributed by atoms with Crippen LogP contribution >= 0.6 is 11.6 Å². The fraction of sp³-hybridized carbons (Fsp3) is 0.200. The van der Waals surface area contributed by atoms with Crippen LogP contribution in [0.3, 0.4) is 0 Å². The Kier molecular flexibility index (Phi) is 5.37. The first-order chi connectivity index (χ1) is 16.1. The molecule has 5 nitrogen and oxygen atoms in total. The van der Waals surface area contributed by atoms with Crippen LogP contribution in [0.2, 0.25) is 5.02 Å². The fourth-order valence-corrected chi connectivity index (χ4v) is 4.53. The molecule has 9 heteroatoms. The number of benzene rings is 3. The molecule has 2 heterocycles. The van der Waals surface area contributed by atoms with Crippen molar-refractivity contribution in [3.8, 4) is 0 Å². The Hall–Kier alpha value is -3.36. The van der Waals surface area contributed by atoms with Gasteiger partial charge in [-0.1, -0.05) is 47.5 Å². The van der Waals surface area contributed by atoms with Crippen LogP contribution in [0.15, 0.2) is 72.8 Å². The number of nitrogens with zero attached hydrogens (tertiary/aromatic N) is 2. The lowest BCUT2D eigenvalue weighted by Gasteiger charge is -2.29. The van der Waals surface area contributed by atoms with Crippen molar-refractivity contribution in [2.75, 3.05) is 9.96 Å². The molecular formula is C25H18ClF3N2O3. The molecule has 2 aliphatic heterocycles. The molecule has 2 fully saturated rings. The van der Waals surface area contributed by atoms with E-state index in [1.165, 1.54) is 17.2 Å². The minimum atomic E-state index is -4.61. The van der Waals surface area contributed by atoms with E-state index in [4.69, 9.17) is 16.4 Å². The lowest BCUT2D eigenvalue weighted by molar-refractivity contribution is -0.137. The average molecular weight is 487 g/mol. The van der Waals surface area contributed by atoms with E-state index in [1.807, 2.05) is 31.2 Å². The van der Waals surface area contributed by atoms with Crippen molar-refractivity contribution in [3.05, 3.63) is 94.5 Å². The topological polar surface area (TPSA) is 49.9 Å². The molecule has 3 aromatic carbocycles. The molecule has 174 valence electrons. The van der Waals surface area contributed by atoms with Gasteiger partial charge in [0.1, 0.15) is 5.92 Å². The number of fused-ring (bicyclic) bond motifs is 1. The lowest BCUT2D eigenvalue weighted by Crippen LogP contribution is -2.37. The van der Waals surface area contributed by atoms with Gasteiger partial charge in [0.15, 0.2) is 6.10 Å². The van der Waals surface area contributed by atoms with Gasteiger partial charge in [-0.3, -0.25) is 14.4 Å². The van der Waals surface area contributed by atoms with Gasteiger partial charge < -0.3 is 0 Å². The average Bonchev–Trinajstić information content (AvgIpc) is 3.30. The van der Waals surface area contributed by atoms with Crippen molar-refractivity contribution in [2.45, 2.75) is 25.2 Å². The second-order valence-electron chi connectivity index (χ2n) is 8.27. The van der Waals surface area contributed by atoms with Crippen LogP contribution in [0.25, 0.3) is 0 Å². The predicted molar refractivity (Wildman–Crippen MR) is 120 cm³/mol. The summed E-state index contributed by atoms with van der Waals surface area (Å²) in [5.74, 6) is -2.26. The molecule has 5 rings (SSSR count). The largest absolute Gasteiger partial charge is 0.416 e. The maximum Gasteiger partial charge on any atom is 0.416 e. The third-order valence-electron chi connectivity index (χ3n) is 6.05. The first-order valence-electron chi connectivity index (χ1n) is 10.5. The molecule has 0 radical (unpaired) electrons. The number of carbonyl (C=O) groups is 2. The van der Waals surface area contributed by atoms with Crippen LogP contribution in [-0.4, -0.2) is 17.9 Å². The fourth-order valence-electron chi connectivity index (χ4n) is 4.40. The molecule has 3 aromatic rings. The first-order valence-corrected chi connectivity index (χ1v) is 10.9. The minimum absolute atomic E-state index is 0.136. The van der Waals surface area contributed by atoms with Gasteiger partial charge in [-0.15, -0.1) is 0 Å². The van der Waals surface area contributed by atoms with E-state index < -0.39 is 41.6 Å². The molecule has 0 aliphatic carbocycles. The van der Waals surface area contributed by atoms with Crippen LogP contribution in [-0.2, 0) is 20.6 Å². The number of hydrogen-bond donors (Lipinski definition) is 0. The van der Waals surface area contributed by atoms with Gasteiger partial charge in [-0.25, -0.2) is 9.96 Å². The van der Waals surface area contributed by atoms with Crippen molar-refractivity contribution in [1.82, 2.24) is 0 Å². The molecule has 0 N–H and O–H groups in total. The number of rotatable bonds is 3. The lowest BCUT2D eigenvalue weighted by atomic mass is 9.90. The molecule has 34 heavy (non-hydrogen) atoms. The summed E-state index contributed by atoms with van der Waals surface area (Å²) in [6.45, 7) is 1.92. The van der Waals surface area contributed by atoms with Gasteiger partial charge in [0.25, 0.3) is 5.91 Å². The molecule has 2 saturated heterocycles. The molecule has 3 atom stereocenters. The molecule has 0 aromatic heterocycles. The highest BCUT2D eigenvalue weighted by atomic mass is 35.5. The van der Waals surface area contributed by atoms with E-state index in [2.05, 4.69) is 0 Å². The number of amides is 2. The smallest absolute Gasteiger partial charge is 0.273 e. The summed E-state index contributed by atoms with van der Waals surface area (Å²) < 4.78 is 39.7. The van der Waals surface area contributed by atoms with Gasteiger partial charge in [0, 0.05) is 5.02 Å². The van der Waals surface area contributed by atoms with Crippen molar-refractivity contribution >= 4 is 34.8 Å². The van der Waals surface area contributed by atoms with E-state index in [-0.39, 0.29) is 5.69 Å². The molecule has 2 aliphatic rings. The summed E-state index contributed by atoms with van der Waals surface area (Å²) in [5, 5.41) is 2.02. The second-order valence-corrected chi connectivity index (χ2v) is 8.71. The molecule has 0 bridgehead atoms. The quantitative estimate of drug-likeness (QED) is 0.444. The van der Waals surface area contributed by atoms with Crippen LogP contribution in [0.5, 0.6) is 0 Å². The predicted octanol–water partition coefficient (Wildman–Crippen LogP) is 5.72. The van der Waals surface area contributed by atoms with Crippen molar-refractivity contribution < 1.29 is 27.6 Å². The Balaban J connectivity index is 1.57. The van der Waals surface area contributed by atoms with Gasteiger partial charge >= 0.3 is 6.18 Å². The zero-order chi connectivity index (χ0) is 24.2. The summed E-state index contributed by atoms with van der Waals surface area (Å²) in [6, 6.07) is 17.7. The van der Waals surface area contributed by atoms with Crippen LogP contribution in [0.1, 0.15) is 22.7 Å². The third kappa shape index (κ3) is 3.73. The van der Waals surface area contributed by atoms with Gasteiger partial charge in [-0.05, 0) is 55.0 Å². The normalized spacial score (nSPS) is 22.4. The van der Waals surface area contributed by atoms with E-state index in [0.717, 1.165) is 28.2 Å². The molecule has 0 saturated carbocycles. The van der Waals surface area contributed by atoms with E-state index in [9.17, 15) is 22.8 Å². The monoisotopic (exact) mass is 486 g/mol. The number of carbonyl (C=O) groups excluding carboxylic acids is 2. The van der Waals surface area contributed by atoms with E-state index in [1.54, 1.807) is 24.3 Å². The molecule has 0 unspecified atom stereocenters. The maximum atomic E-state index is 13.5. The summed E-state index contributed by atoms with van der Waals surface area (Å²) in [6.07, 6.45) is -5.78. The van der Waals surface area contributed by atoms with Gasteiger partial charge in [0.2, 0.25) is 5.91 Å². The van der Waals surface area contributed by atoms with Gasteiger partial charge in [-0.2, -0.15) is 13.2 Å². The minimum Gasteiger partial charge on any atom is -0.273 e. The Bertz CT molecular complexity index is 1260. The zero-order valence-electron chi connectivity index (χ0n) is 17.8. The molecule has 0 spiro atoms. The van der Waals surface area contributed by atoms with Crippen molar-refractivity contribution in [2.24, 2.45) is 5.92 Å². The highest BCUT2D eigenvalue weighted by molar-refractivity contribution is 6.30. The van der Waals surface area contributed by atoms with Crippen LogP contribution in [0.4, 0.5) is 24.5 Å². The van der Waals surface area contributed by atoms with Crippen molar-refractivity contribution in [1.29, 1.82) is 0 Å². The SMILES string of the molecule is Cc1ccc([C@H]2[C@H]3C(=O)N(c4cccc(C(F)(F)F)c4)C(=O)[C@H]3ON2c2ccc(Cl)cc2)cc1. The van der Waals surface area contributed by atoms with E-state index >= 15 is 0 Å². The summed E-state index contributed by atoms with van der Waals surface area (Å²) >= 11 is 6.01. The Morgan fingerprint density at radius 2 is 1.56 bits per heavy atom. The number of imide groups is 1. The highest BCUT2D eigenvalue weighted by Crippen LogP contribution is 2.48. The number of hydrogen-bond acceptors (Lipinski definition) is 4. The number of hydroxylamine groups is 1. The first kappa shape index (κ1) is 22.4. The number of alkyl halides is 3.